The van der Waals surface area contributed by atoms with E-state index in [1.165, 1.54) is 19.3 Å². The number of rotatable bonds is 2. The second kappa shape index (κ2) is 4.36. The lowest BCUT2D eigenvalue weighted by Crippen LogP contribution is -2.35. The highest BCUT2D eigenvalue weighted by molar-refractivity contribution is 5.34. The minimum atomic E-state index is 0.303. The van der Waals surface area contributed by atoms with E-state index in [9.17, 15) is 0 Å². The van der Waals surface area contributed by atoms with Crippen LogP contribution in [0.4, 0.5) is 0 Å². The molecule has 1 N–H and O–H groups in total. The maximum absolute atomic E-state index is 3.63. The predicted molar refractivity (Wildman–Crippen MR) is 75.8 cm³/mol. The molecule has 2 atom stereocenters. The second-order valence-electron chi connectivity index (χ2n) is 6.54. The van der Waals surface area contributed by atoms with Crippen molar-refractivity contribution < 1.29 is 0 Å². The van der Waals surface area contributed by atoms with Gasteiger partial charge in [0.25, 0.3) is 0 Å². The molecule has 18 heavy (non-hydrogen) atoms. The molecule has 2 nitrogen and oxygen atoms in total. The molecular formula is C16H24N2. The zero-order valence-corrected chi connectivity index (χ0v) is 11.7. The largest absolute Gasteiger partial charge is 0.310 e. The topological polar surface area (TPSA) is 15.3 Å². The van der Waals surface area contributed by atoms with E-state index in [1.54, 1.807) is 11.1 Å². The Balaban J connectivity index is 1.77. The van der Waals surface area contributed by atoms with Crippen LogP contribution in [0.3, 0.4) is 0 Å². The Hall–Kier alpha value is -0.860. The fourth-order valence-electron chi connectivity index (χ4n) is 3.63. The summed E-state index contributed by atoms with van der Waals surface area (Å²) >= 11 is 0. The highest BCUT2D eigenvalue weighted by Gasteiger charge is 2.36. The lowest BCUT2D eigenvalue weighted by molar-refractivity contribution is 0.178. The zero-order chi connectivity index (χ0) is 12.8. The Morgan fingerprint density at radius 1 is 1.28 bits per heavy atom. The molecule has 0 spiro atoms. The van der Waals surface area contributed by atoms with Crippen LogP contribution in [0.5, 0.6) is 0 Å². The van der Waals surface area contributed by atoms with Crippen LogP contribution in [-0.4, -0.2) is 30.1 Å². The molecule has 1 aromatic rings. The van der Waals surface area contributed by atoms with Gasteiger partial charge in [0.1, 0.15) is 0 Å². The van der Waals surface area contributed by atoms with Gasteiger partial charge in [0.05, 0.1) is 0 Å². The highest BCUT2D eigenvalue weighted by atomic mass is 15.2. The smallest absolute Gasteiger partial charge is 0.0354 e. The summed E-state index contributed by atoms with van der Waals surface area (Å²) in [5, 5.41) is 3.63. The lowest BCUT2D eigenvalue weighted by Gasteiger charge is -2.31. The van der Waals surface area contributed by atoms with Crippen molar-refractivity contribution in [2.75, 3.05) is 13.6 Å². The Bertz CT molecular complexity index is 438. The van der Waals surface area contributed by atoms with Gasteiger partial charge in [-0.2, -0.15) is 0 Å². The maximum atomic E-state index is 3.63. The summed E-state index contributed by atoms with van der Waals surface area (Å²) in [6.45, 7) is 5.75. The van der Waals surface area contributed by atoms with Crippen molar-refractivity contribution in [3.05, 3.63) is 35.4 Å². The third-order valence-corrected chi connectivity index (χ3v) is 4.73. The Morgan fingerprint density at radius 3 is 2.78 bits per heavy atom. The number of nitrogens with one attached hydrogen (secondary N) is 1. The molecule has 1 saturated heterocycles. The average molecular weight is 244 g/mol. The number of fused-ring (bicyclic) bond motifs is 1. The molecule has 1 heterocycles. The van der Waals surface area contributed by atoms with E-state index in [1.807, 2.05) is 0 Å². The van der Waals surface area contributed by atoms with E-state index >= 15 is 0 Å². The molecule has 1 aromatic carbocycles. The molecule has 0 aromatic heterocycles. The number of hydrogen-bond donors (Lipinski definition) is 1. The van der Waals surface area contributed by atoms with Crippen LogP contribution in [0.2, 0.25) is 0 Å². The van der Waals surface area contributed by atoms with Crippen LogP contribution < -0.4 is 5.32 Å². The fraction of sp³-hybridized carbons (Fsp3) is 0.625. The number of nitrogens with zero attached hydrogens (tertiary/aromatic N) is 1. The molecule has 2 unspecified atom stereocenters. The van der Waals surface area contributed by atoms with Gasteiger partial charge in [-0.25, -0.2) is 0 Å². The van der Waals surface area contributed by atoms with Crippen molar-refractivity contribution >= 4 is 0 Å². The molecule has 3 rings (SSSR count). The van der Waals surface area contributed by atoms with E-state index in [-0.39, 0.29) is 0 Å². The van der Waals surface area contributed by atoms with E-state index in [4.69, 9.17) is 0 Å². The van der Waals surface area contributed by atoms with Gasteiger partial charge in [0.15, 0.2) is 0 Å². The van der Waals surface area contributed by atoms with Gasteiger partial charge >= 0.3 is 0 Å². The van der Waals surface area contributed by atoms with Crippen molar-refractivity contribution in [1.29, 1.82) is 0 Å². The molecule has 1 aliphatic carbocycles. The van der Waals surface area contributed by atoms with Crippen molar-refractivity contribution in [1.82, 2.24) is 10.2 Å². The van der Waals surface area contributed by atoms with Crippen LogP contribution in [0.1, 0.15) is 43.9 Å². The summed E-state index contributed by atoms with van der Waals surface area (Å²) in [5.74, 6) is 0. The fourth-order valence-corrected chi connectivity index (χ4v) is 3.63. The van der Waals surface area contributed by atoms with Crippen molar-refractivity contribution in [2.24, 2.45) is 0 Å². The Kier molecular flexibility index (Phi) is 2.95. The lowest BCUT2D eigenvalue weighted by atomic mass is 9.99. The molecule has 0 amide bonds. The van der Waals surface area contributed by atoms with Crippen molar-refractivity contribution in [2.45, 2.75) is 50.7 Å². The third-order valence-electron chi connectivity index (χ3n) is 4.73. The normalized spacial score (nSPS) is 29.8. The summed E-state index contributed by atoms with van der Waals surface area (Å²) < 4.78 is 0. The predicted octanol–water partition coefficient (Wildman–Crippen LogP) is 2.75. The number of likely N-dealkylation sites (N-methyl/N-ethyl adjacent to an activating group) is 1. The van der Waals surface area contributed by atoms with Crippen LogP contribution >= 0.6 is 0 Å². The van der Waals surface area contributed by atoms with Gasteiger partial charge in [-0.15, -0.1) is 0 Å². The number of aryl methyl sites for hydroxylation is 1. The molecule has 1 aliphatic heterocycles. The zero-order valence-electron chi connectivity index (χ0n) is 11.7. The van der Waals surface area contributed by atoms with Gasteiger partial charge in [-0.05, 0) is 51.3 Å². The molecule has 1 fully saturated rings. The average Bonchev–Trinajstić information content (AvgIpc) is 2.91. The van der Waals surface area contributed by atoms with Gasteiger partial charge in [0.2, 0.25) is 0 Å². The Labute approximate surface area is 110 Å². The molecule has 0 radical (unpaired) electrons. The highest BCUT2D eigenvalue weighted by Crippen LogP contribution is 2.37. The molecule has 2 aliphatic rings. The first kappa shape index (κ1) is 12.2. The standard InChI is InChI=1S/C16H24N2/c1-16(2)10-13(11-17-16)18(3)15-9-8-12-6-4-5-7-14(12)15/h4-7,13,15,17H,8-11H2,1-3H3. The van der Waals surface area contributed by atoms with E-state index in [0.717, 1.165) is 6.54 Å². The quantitative estimate of drug-likeness (QED) is 0.860. The summed E-state index contributed by atoms with van der Waals surface area (Å²) in [4.78, 5) is 2.60. The molecule has 0 saturated carbocycles. The van der Waals surface area contributed by atoms with Crippen LogP contribution in [-0.2, 0) is 6.42 Å². The summed E-state index contributed by atoms with van der Waals surface area (Å²) in [5.41, 5.74) is 3.42. The molecule has 98 valence electrons. The summed E-state index contributed by atoms with van der Waals surface area (Å²) in [7, 11) is 2.31. The third kappa shape index (κ3) is 2.08. The molecule has 0 bridgehead atoms. The van der Waals surface area contributed by atoms with Crippen molar-refractivity contribution in [3.63, 3.8) is 0 Å². The minimum absolute atomic E-state index is 0.303. The SMILES string of the molecule is CN(C1CNC(C)(C)C1)C1CCc2ccccc21. The second-order valence-corrected chi connectivity index (χ2v) is 6.54. The minimum Gasteiger partial charge on any atom is -0.310 e. The van der Waals surface area contributed by atoms with Gasteiger partial charge in [-0.1, -0.05) is 24.3 Å². The summed E-state index contributed by atoms with van der Waals surface area (Å²) in [6, 6.07) is 10.3. The first-order valence-electron chi connectivity index (χ1n) is 7.12. The van der Waals surface area contributed by atoms with Gasteiger partial charge < -0.3 is 5.32 Å². The number of benzene rings is 1. The van der Waals surface area contributed by atoms with Gasteiger partial charge in [0, 0.05) is 24.2 Å². The van der Waals surface area contributed by atoms with Crippen LogP contribution in [0, 0.1) is 0 Å². The van der Waals surface area contributed by atoms with Gasteiger partial charge in [-0.3, -0.25) is 4.90 Å². The van der Waals surface area contributed by atoms with Crippen LogP contribution in [0.15, 0.2) is 24.3 Å². The number of hydrogen-bond acceptors (Lipinski definition) is 2. The first-order chi connectivity index (χ1) is 8.57. The van der Waals surface area contributed by atoms with E-state index < -0.39 is 0 Å². The first-order valence-corrected chi connectivity index (χ1v) is 7.12. The molecular weight excluding hydrogens is 220 g/mol. The monoisotopic (exact) mass is 244 g/mol. The molecule has 2 heteroatoms. The van der Waals surface area contributed by atoms with Crippen LogP contribution in [0.25, 0.3) is 0 Å². The summed E-state index contributed by atoms with van der Waals surface area (Å²) in [6.07, 6.45) is 3.78. The Morgan fingerprint density at radius 2 is 2.06 bits per heavy atom. The van der Waals surface area contributed by atoms with E-state index in [2.05, 4.69) is 55.4 Å². The van der Waals surface area contributed by atoms with E-state index in [0.29, 0.717) is 17.6 Å². The van der Waals surface area contributed by atoms with Crippen molar-refractivity contribution in [3.8, 4) is 0 Å². The maximum Gasteiger partial charge on any atom is 0.0354 e.